The molecular formula is C19H24N4OS. The van der Waals surface area contributed by atoms with Gasteiger partial charge in [0.2, 0.25) is 5.91 Å². The van der Waals surface area contributed by atoms with Gasteiger partial charge in [-0.15, -0.1) is 0 Å². The number of aryl methyl sites for hydroxylation is 1. The molecule has 2 aromatic rings. The van der Waals surface area contributed by atoms with Crippen molar-refractivity contribution in [1.82, 2.24) is 19.7 Å². The molecule has 0 radical (unpaired) electrons. The number of aromatic amines is 1. The van der Waals surface area contributed by atoms with Crippen molar-refractivity contribution < 1.29 is 4.79 Å². The number of rotatable bonds is 4. The highest BCUT2D eigenvalue weighted by Crippen LogP contribution is 2.38. The van der Waals surface area contributed by atoms with E-state index in [1.807, 2.05) is 23.1 Å². The number of hydrogen-bond acceptors (Lipinski definition) is 3. The Morgan fingerprint density at radius 2 is 2.12 bits per heavy atom. The fourth-order valence-corrected chi connectivity index (χ4v) is 4.08. The number of carbonyl (C=O) groups excluding carboxylic acids is 1. The van der Waals surface area contributed by atoms with Crippen LogP contribution in [0.1, 0.15) is 54.6 Å². The van der Waals surface area contributed by atoms with Crippen LogP contribution >= 0.6 is 12.2 Å². The molecule has 6 heteroatoms. The Morgan fingerprint density at radius 1 is 1.32 bits per heavy atom. The minimum absolute atomic E-state index is 0.214. The highest BCUT2D eigenvalue weighted by atomic mass is 32.1. The molecule has 4 rings (SSSR count). The van der Waals surface area contributed by atoms with Gasteiger partial charge in [0, 0.05) is 25.0 Å². The van der Waals surface area contributed by atoms with E-state index in [1.165, 1.54) is 18.4 Å². The van der Waals surface area contributed by atoms with Crippen LogP contribution in [0, 0.1) is 11.7 Å². The fraction of sp³-hybridized carbons (Fsp3) is 0.526. The number of aromatic nitrogens is 3. The van der Waals surface area contributed by atoms with Crippen LogP contribution in [-0.4, -0.2) is 38.7 Å². The third-order valence-electron chi connectivity index (χ3n) is 5.39. The van der Waals surface area contributed by atoms with Crippen LogP contribution < -0.4 is 0 Å². The molecule has 1 unspecified atom stereocenters. The van der Waals surface area contributed by atoms with Gasteiger partial charge in [0.1, 0.15) is 5.82 Å². The Morgan fingerprint density at radius 3 is 2.88 bits per heavy atom. The molecule has 1 aliphatic heterocycles. The van der Waals surface area contributed by atoms with Crippen LogP contribution in [0.5, 0.6) is 0 Å². The van der Waals surface area contributed by atoms with Crippen LogP contribution in [0.3, 0.4) is 0 Å². The number of H-pyrrole nitrogens is 1. The molecular weight excluding hydrogens is 332 g/mol. The summed E-state index contributed by atoms with van der Waals surface area (Å²) in [5, 5.41) is 7.46. The molecule has 0 bridgehead atoms. The molecule has 1 amide bonds. The topological polar surface area (TPSA) is 53.9 Å². The van der Waals surface area contributed by atoms with Crippen LogP contribution in [0.25, 0.3) is 0 Å². The summed E-state index contributed by atoms with van der Waals surface area (Å²) in [5.41, 5.74) is 2.30. The summed E-state index contributed by atoms with van der Waals surface area (Å²) in [5.74, 6) is 1.54. The van der Waals surface area contributed by atoms with Gasteiger partial charge in [-0.1, -0.05) is 24.3 Å². The van der Waals surface area contributed by atoms with Crippen LogP contribution in [0.15, 0.2) is 24.3 Å². The van der Waals surface area contributed by atoms with Crippen molar-refractivity contribution in [2.45, 2.75) is 51.0 Å². The lowest BCUT2D eigenvalue weighted by atomic mass is 9.96. The van der Waals surface area contributed by atoms with Crippen LogP contribution in [0.4, 0.5) is 0 Å². The second kappa shape index (κ2) is 6.75. The Labute approximate surface area is 153 Å². The molecule has 2 aliphatic rings. The van der Waals surface area contributed by atoms with Gasteiger partial charge >= 0.3 is 0 Å². The zero-order valence-electron chi connectivity index (χ0n) is 14.6. The molecule has 1 aliphatic carbocycles. The fourth-order valence-electron chi connectivity index (χ4n) is 3.79. The number of amides is 1. The first-order valence-electron chi connectivity index (χ1n) is 9.12. The highest BCUT2D eigenvalue weighted by Gasteiger charge is 2.33. The summed E-state index contributed by atoms with van der Waals surface area (Å²) < 4.78 is 2.91. The lowest BCUT2D eigenvalue weighted by molar-refractivity contribution is -0.131. The van der Waals surface area contributed by atoms with Crippen molar-refractivity contribution in [2.24, 2.45) is 0 Å². The Balaban J connectivity index is 1.49. The summed E-state index contributed by atoms with van der Waals surface area (Å²) in [7, 11) is 0. The first kappa shape index (κ1) is 16.5. The van der Waals surface area contributed by atoms with Crippen LogP contribution in [-0.2, 0) is 11.2 Å². The van der Waals surface area contributed by atoms with Crippen molar-refractivity contribution in [3.8, 4) is 0 Å². The van der Waals surface area contributed by atoms with Gasteiger partial charge in [0.25, 0.3) is 0 Å². The maximum absolute atomic E-state index is 12.8. The average molecular weight is 356 g/mol. The van der Waals surface area contributed by atoms with Gasteiger partial charge in [0.15, 0.2) is 4.77 Å². The second-order valence-corrected chi connectivity index (χ2v) is 7.66. The van der Waals surface area contributed by atoms with E-state index in [2.05, 4.69) is 27.8 Å². The van der Waals surface area contributed by atoms with E-state index in [-0.39, 0.29) is 11.8 Å². The number of likely N-dealkylation sites (tertiary alicyclic amines) is 1. The summed E-state index contributed by atoms with van der Waals surface area (Å²) in [4.78, 5) is 14.8. The van der Waals surface area contributed by atoms with Gasteiger partial charge < -0.3 is 9.47 Å². The SMILES string of the molecule is Cc1ccccc1CC(=O)N1CCCC(c2n[nH]c(=S)n2C2CC2)C1. The average Bonchev–Trinajstić information content (AvgIpc) is 3.39. The van der Waals surface area contributed by atoms with E-state index in [0.29, 0.717) is 12.5 Å². The van der Waals surface area contributed by atoms with Crippen molar-refractivity contribution in [3.05, 3.63) is 46.0 Å². The maximum Gasteiger partial charge on any atom is 0.227 e. The number of nitrogens with one attached hydrogen (secondary N) is 1. The third-order valence-corrected chi connectivity index (χ3v) is 5.67. The first-order chi connectivity index (χ1) is 12.1. The van der Waals surface area contributed by atoms with E-state index in [0.717, 1.165) is 42.1 Å². The highest BCUT2D eigenvalue weighted by molar-refractivity contribution is 7.71. The van der Waals surface area contributed by atoms with Gasteiger partial charge in [-0.05, 0) is 56.0 Å². The van der Waals surface area contributed by atoms with Crippen LogP contribution in [0.2, 0.25) is 0 Å². The number of piperidine rings is 1. The minimum atomic E-state index is 0.214. The van der Waals surface area contributed by atoms with E-state index in [9.17, 15) is 4.79 Å². The lowest BCUT2D eigenvalue weighted by Gasteiger charge is -2.32. The van der Waals surface area contributed by atoms with Crippen molar-refractivity contribution >= 4 is 18.1 Å². The zero-order chi connectivity index (χ0) is 17.4. The molecule has 25 heavy (non-hydrogen) atoms. The molecule has 132 valence electrons. The summed E-state index contributed by atoms with van der Waals surface area (Å²) >= 11 is 5.40. The number of nitrogens with zero attached hydrogens (tertiary/aromatic N) is 3. The maximum atomic E-state index is 12.8. The molecule has 1 aromatic heterocycles. The minimum Gasteiger partial charge on any atom is -0.342 e. The predicted octanol–water partition coefficient (Wildman–Crippen LogP) is 3.53. The molecule has 1 saturated heterocycles. The van der Waals surface area contributed by atoms with Gasteiger partial charge in [-0.3, -0.25) is 9.89 Å². The third kappa shape index (κ3) is 3.40. The van der Waals surface area contributed by atoms with E-state index < -0.39 is 0 Å². The number of carbonyl (C=O) groups is 1. The van der Waals surface area contributed by atoms with Gasteiger partial charge in [-0.25, -0.2) is 0 Å². The summed E-state index contributed by atoms with van der Waals surface area (Å²) in [6.45, 7) is 3.65. The Hall–Kier alpha value is -1.95. The molecule has 1 N–H and O–H groups in total. The van der Waals surface area contributed by atoms with Gasteiger partial charge in [0.05, 0.1) is 6.42 Å². The van der Waals surface area contributed by atoms with Gasteiger partial charge in [-0.2, -0.15) is 5.10 Å². The number of benzene rings is 1. The normalized spacial score (nSPS) is 20.7. The molecule has 1 saturated carbocycles. The quantitative estimate of drug-likeness (QED) is 0.853. The van der Waals surface area contributed by atoms with E-state index >= 15 is 0 Å². The summed E-state index contributed by atoms with van der Waals surface area (Å²) in [6, 6.07) is 8.64. The van der Waals surface area contributed by atoms with E-state index in [4.69, 9.17) is 12.2 Å². The standard InChI is InChI=1S/C19H24N4OS/c1-13-5-2-3-6-14(13)11-17(24)22-10-4-7-15(12-22)18-20-21-19(25)23(18)16-8-9-16/h2-3,5-6,15-16H,4,7-12H2,1H3,(H,21,25). The largest absolute Gasteiger partial charge is 0.342 e. The van der Waals surface area contributed by atoms with E-state index in [1.54, 1.807) is 0 Å². The predicted molar refractivity (Wildman–Crippen MR) is 99.1 cm³/mol. The van der Waals surface area contributed by atoms with Crippen molar-refractivity contribution in [1.29, 1.82) is 0 Å². The molecule has 5 nitrogen and oxygen atoms in total. The molecule has 0 spiro atoms. The molecule has 1 aromatic carbocycles. The Kier molecular flexibility index (Phi) is 4.46. The van der Waals surface area contributed by atoms with Crippen molar-refractivity contribution in [2.75, 3.05) is 13.1 Å². The smallest absolute Gasteiger partial charge is 0.227 e. The molecule has 2 fully saturated rings. The monoisotopic (exact) mass is 356 g/mol. The zero-order valence-corrected chi connectivity index (χ0v) is 15.4. The molecule has 1 atom stereocenters. The second-order valence-electron chi connectivity index (χ2n) is 7.27. The van der Waals surface area contributed by atoms with Crippen molar-refractivity contribution in [3.63, 3.8) is 0 Å². The Bertz CT molecular complexity index is 836. The summed E-state index contributed by atoms with van der Waals surface area (Å²) in [6.07, 6.45) is 4.94. The molecule has 2 heterocycles. The first-order valence-corrected chi connectivity index (χ1v) is 9.53. The number of hydrogen-bond donors (Lipinski definition) is 1. The lowest BCUT2D eigenvalue weighted by Crippen LogP contribution is -2.40.